The highest BCUT2D eigenvalue weighted by Gasteiger charge is 2.42. The van der Waals surface area contributed by atoms with Crippen molar-refractivity contribution in [3.05, 3.63) is 63.9 Å². The number of nitro groups is 4. The van der Waals surface area contributed by atoms with Crippen LogP contribution in [0.15, 0.2) is 33.4 Å². The molecule has 2 heterocycles. The van der Waals surface area contributed by atoms with Crippen molar-refractivity contribution in [2.45, 2.75) is 0 Å². The van der Waals surface area contributed by atoms with Gasteiger partial charge in [0, 0.05) is 0 Å². The van der Waals surface area contributed by atoms with Crippen LogP contribution in [0.3, 0.4) is 0 Å². The first-order valence-corrected chi connectivity index (χ1v) is 5.32. The van der Waals surface area contributed by atoms with Crippen molar-refractivity contribution < 1.29 is 29.4 Å². The summed E-state index contributed by atoms with van der Waals surface area (Å²) in [7, 11) is 0. The van der Waals surface area contributed by atoms with Gasteiger partial charge in [-0.3, -0.25) is 40.5 Å². The van der Waals surface area contributed by atoms with Crippen LogP contribution in [0.2, 0.25) is 0 Å². The van der Waals surface area contributed by atoms with Crippen molar-refractivity contribution >= 4 is 11.7 Å². The third kappa shape index (κ3) is 2.81. The van der Waals surface area contributed by atoms with Crippen LogP contribution in [0.5, 0.6) is 0 Å². The lowest BCUT2D eigenvalue weighted by Crippen LogP contribution is -2.33. The Morgan fingerprint density at radius 2 is 1.00 bits per heavy atom. The summed E-state index contributed by atoms with van der Waals surface area (Å²) in [5.41, 5.74) is 3.81. The van der Waals surface area contributed by atoms with Gasteiger partial charge in [0.15, 0.2) is 0 Å². The SMILES string of the molecule is O=[N+]([O-])C(=C1N=C(C2=NC(=C([N+](=O)[O-])[N+](=O)[O-])ON2)NO1)[N+](=O)[O-]. The minimum Gasteiger partial charge on any atom is -0.345 e. The maximum atomic E-state index is 10.5. The first-order chi connectivity index (χ1) is 11.2. The van der Waals surface area contributed by atoms with Crippen LogP contribution >= 0.6 is 0 Å². The molecule has 2 N–H and O–H groups in total. The van der Waals surface area contributed by atoms with Crippen molar-refractivity contribution in [1.82, 2.24) is 11.0 Å². The molecule has 0 saturated carbocycles. The lowest BCUT2D eigenvalue weighted by molar-refractivity contribution is -0.619. The number of nitrogens with zero attached hydrogens (tertiary/aromatic N) is 6. The summed E-state index contributed by atoms with van der Waals surface area (Å²) >= 11 is 0. The lowest BCUT2D eigenvalue weighted by atomic mass is 10.5. The largest absolute Gasteiger partial charge is 0.624 e. The summed E-state index contributed by atoms with van der Waals surface area (Å²) in [6.07, 6.45) is 0. The minimum atomic E-state index is -1.59. The number of rotatable bonds is 5. The fraction of sp³-hybridized carbons (Fsp3) is 0. The standard InChI is InChI=1S/C6H2N8O10/c15-11(16)5(12(17)18)3-7-1(9-23-3)2-8-4(24-10-2)6(13(19)20)14(21)22/h(H,7,9)(H,8,10). The van der Waals surface area contributed by atoms with Crippen LogP contribution < -0.4 is 11.0 Å². The highest BCUT2D eigenvalue weighted by molar-refractivity contribution is 6.40. The molecule has 0 bridgehead atoms. The zero-order chi connectivity index (χ0) is 18.0. The molecule has 2 aliphatic rings. The molecule has 18 heteroatoms. The van der Waals surface area contributed by atoms with Gasteiger partial charge in [-0.2, -0.15) is 20.9 Å². The van der Waals surface area contributed by atoms with E-state index >= 15 is 0 Å². The Balaban J connectivity index is 2.41. The second kappa shape index (κ2) is 5.78. The van der Waals surface area contributed by atoms with E-state index in [4.69, 9.17) is 0 Å². The average Bonchev–Trinajstić information content (AvgIpc) is 3.06. The Bertz CT molecular complexity index is 693. The lowest BCUT2D eigenvalue weighted by Gasteiger charge is -1.97. The monoisotopic (exact) mass is 346 g/mol. The third-order valence-electron chi connectivity index (χ3n) is 2.21. The normalized spacial score (nSPS) is 15.2. The Morgan fingerprint density at radius 1 is 0.708 bits per heavy atom. The Labute approximate surface area is 127 Å². The van der Waals surface area contributed by atoms with Gasteiger partial charge in [0.2, 0.25) is 11.7 Å². The fourth-order valence-electron chi connectivity index (χ4n) is 1.33. The summed E-state index contributed by atoms with van der Waals surface area (Å²) < 4.78 is 0. The van der Waals surface area contributed by atoms with Crippen molar-refractivity contribution in [2.75, 3.05) is 0 Å². The summed E-state index contributed by atoms with van der Waals surface area (Å²) in [4.78, 5) is 52.3. The molecule has 0 unspecified atom stereocenters. The molecule has 0 aromatic heterocycles. The van der Waals surface area contributed by atoms with Gasteiger partial charge in [-0.1, -0.05) is 0 Å². The van der Waals surface area contributed by atoms with Crippen LogP contribution in [0.25, 0.3) is 0 Å². The molecular weight excluding hydrogens is 344 g/mol. The Kier molecular flexibility index (Phi) is 3.85. The van der Waals surface area contributed by atoms with E-state index in [9.17, 15) is 40.5 Å². The predicted octanol–water partition coefficient (Wildman–Crippen LogP) is -1.79. The molecule has 0 aromatic carbocycles. The number of hydroxylamine groups is 2. The smallest absolute Gasteiger partial charge is 0.345 e. The zero-order valence-corrected chi connectivity index (χ0v) is 10.8. The van der Waals surface area contributed by atoms with E-state index in [-0.39, 0.29) is 0 Å². The van der Waals surface area contributed by atoms with Gasteiger partial charge in [-0.05, 0) is 0 Å². The highest BCUT2D eigenvalue weighted by Crippen LogP contribution is 2.17. The first kappa shape index (κ1) is 16.0. The van der Waals surface area contributed by atoms with Gasteiger partial charge in [-0.25, -0.2) is 0 Å². The molecular formula is C6H2N8O10. The van der Waals surface area contributed by atoms with Gasteiger partial charge < -0.3 is 9.68 Å². The van der Waals surface area contributed by atoms with Gasteiger partial charge in [-0.15, -0.1) is 0 Å². The number of amidine groups is 2. The molecule has 0 spiro atoms. The molecule has 2 aliphatic heterocycles. The molecule has 0 aromatic rings. The van der Waals surface area contributed by atoms with Crippen LogP contribution in [0.4, 0.5) is 0 Å². The van der Waals surface area contributed by atoms with Crippen molar-refractivity contribution in [2.24, 2.45) is 9.98 Å². The average molecular weight is 346 g/mol. The van der Waals surface area contributed by atoms with Crippen LogP contribution in [-0.4, -0.2) is 31.4 Å². The van der Waals surface area contributed by atoms with E-state index in [1.807, 2.05) is 11.0 Å². The number of hydrogen-bond donors (Lipinski definition) is 2. The number of aliphatic imine (C=N–C) groups is 2. The van der Waals surface area contributed by atoms with Gasteiger partial charge in [0.25, 0.3) is 0 Å². The molecule has 0 fully saturated rings. The van der Waals surface area contributed by atoms with Gasteiger partial charge in [0.05, 0.1) is 0 Å². The fourth-order valence-corrected chi connectivity index (χ4v) is 1.33. The Hall–Kier alpha value is -4.38. The molecule has 18 nitrogen and oxygen atoms in total. The summed E-state index contributed by atoms with van der Waals surface area (Å²) in [6.45, 7) is 0. The maximum Gasteiger partial charge on any atom is 0.624 e. The molecule has 0 atom stereocenters. The van der Waals surface area contributed by atoms with Crippen molar-refractivity contribution in [3.63, 3.8) is 0 Å². The van der Waals surface area contributed by atoms with Gasteiger partial charge in [0.1, 0.15) is 19.7 Å². The van der Waals surface area contributed by atoms with E-state index in [0.717, 1.165) is 0 Å². The number of hydrogen-bond acceptors (Lipinski definition) is 14. The van der Waals surface area contributed by atoms with Gasteiger partial charge >= 0.3 is 23.4 Å². The van der Waals surface area contributed by atoms with Crippen LogP contribution in [0, 0.1) is 40.5 Å². The van der Waals surface area contributed by atoms with E-state index in [1.165, 1.54) is 0 Å². The minimum absolute atomic E-state index is 0.507. The highest BCUT2D eigenvalue weighted by atomic mass is 16.7. The van der Waals surface area contributed by atoms with Crippen molar-refractivity contribution in [3.8, 4) is 0 Å². The third-order valence-corrected chi connectivity index (χ3v) is 2.21. The topological polar surface area (TPSA) is 240 Å². The summed E-state index contributed by atoms with van der Waals surface area (Å²) in [5.74, 6) is -6.27. The van der Waals surface area contributed by atoms with Crippen LogP contribution in [0.1, 0.15) is 0 Å². The van der Waals surface area contributed by atoms with Crippen molar-refractivity contribution in [1.29, 1.82) is 0 Å². The maximum absolute atomic E-state index is 10.5. The van der Waals surface area contributed by atoms with E-state index in [2.05, 4.69) is 19.7 Å². The molecule has 126 valence electrons. The first-order valence-electron chi connectivity index (χ1n) is 5.32. The quantitative estimate of drug-likeness (QED) is 0.414. The molecule has 24 heavy (non-hydrogen) atoms. The summed E-state index contributed by atoms with van der Waals surface area (Å²) in [6, 6.07) is 0. The second-order valence-corrected chi connectivity index (χ2v) is 3.62. The predicted molar refractivity (Wildman–Crippen MR) is 65.3 cm³/mol. The molecule has 0 aliphatic carbocycles. The number of nitrogens with one attached hydrogen (secondary N) is 2. The molecule has 0 amide bonds. The van der Waals surface area contributed by atoms with E-state index in [0.29, 0.717) is 0 Å². The molecule has 0 saturated heterocycles. The van der Waals surface area contributed by atoms with E-state index in [1.54, 1.807) is 0 Å². The summed E-state index contributed by atoms with van der Waals surface area (Å²) in [5, 5.41) is 42.2. The Morgan fingerprint density at radius 3 is 1.25 bits per heavy atom. The van der Waals surface area contributed by atoms with Crippen LogP contribution in [-0.2, 0) is 9.68 Å². The second-order valence-electron chi connectivity index (χ2n) is 3.62. The zero-order valence-electron chi connectivity index (χ0n) is 10.8. The van der Waals surface area contributed by atoms with E-state index < -0.39 is 54.8 Å². The molecule has 0 radical (unpaired) electrons. The molecule has 2 rings (SSSR count).